The van der Waals surface area contributed by atoms with Crippen molar-refractivity contribution >= 4 is 7.54 Å². The van der Waals surface area contributed by atoms with E-state index in [9.17, 15) is 17.3 Å². The zero-order valence-corrected chi connectivity index (χ0v) is 11.2. The van der Waals surface area contributed by atoms with Gasteiger partial charge in [-0.1, -0.05) is 20.8 Å². The number of halogens is 5. The summed E-state index contributed by atoms with van der Waals surface area (Å²) in [5.74, 6) is 0.576. The largest absolute Gasteiger partial charge is 1.00 e. The Balaban J connectivity index is 0.000000576. The molecule has 110 valence electrons. The molecule has 0 aliphatic carbocycles. The van der Waals surface area contributed by atoms with Crippen molar-refractivity contribution < 1.29 is 26.6 Å². The molecule has 0 unspecified atom stereocenters. The summed E-state index contributed by atoms with van der Waals surface area (Å²) in [6.45, 7) is 6.42. The zero-order valence-electron chi connectivity index (χ0n) is 11.2. The molecule has 1 aliphatic rings. The normalized spacial score (nSPS) is 21.1. The molecule has 0 N–H and O–H groups in total. The van der Waals surface area contributed by atoms with Gasteiger partial charge in [-0.05, 0) is 5.41 Å². The van der Waals surface area contributed by atoms with Crippen LogP contribution in [0.25, 0.3) is 0 Å². The van der Waals surface area contributed by atoms with E-state index >= 15 is 0 Å². The summed E-state index contributed by atoms with van der Waals surface area (Å²) < 4.78 is 46.3. The van der Waals surface area contributed by atoms with E-state index in [1.54, 1.807) is 4.68 Å². The van der Waals surface area contributed by atoms with Gasteiger partial charge in [-0.25, -0.2) is 8.96 Å². The Morgan fingerprint density at radius 3 is 2.26 bits per heavy atom. The minimum Gasteiger partial charge on any atom is -1.00 e. The first-order chi connectivity index (χ1) is 8.12. The molecule has 0 saturated carbocycles. The standard InChI is InChI=1S/C10H17FN3.BF3.FH/c1-10(2,3)8-5-7(11)9-12-13(4)6-14(8)9;2-1(3)4;/h6-8H,5H2,1-4H3;;1H/q+1;;/p-1/t7-,8-;;/m1../s1. The number of nitrogens with zero attached hydrogens (tertiary/aromatic N) is 3. The molecule has 3 nitrogen and oxygen atoms in total. The number of aromatic nitrogens is 3. The van der Waals surface area contributed by atoms with E-state index in [1.165, 1.54) is 0 Å². The highest BCUT2D eigenvalue weighted by atomic mass is 19.4. The van der Waals surface area contributed by atoms with Crippen molar-refractivity contribution in [3.05, 3.63) is 12.2 Å². The molecule has 0 saturated heterocycles. The van der Waals surface area contributed by atoms with Crippen LogP contribution in [0.2, 0.25) is 0 Å². The molecule has 0 aromatic carbocycles. The van der Waals surface area contributed by atoms with Crippen molar-refractivity contribution in [2.45, 2.75) is 39.4 Å². The molecule has 2 heterocycles. The quantitative estimate of drug-likeness (QED) is 0.361. The van der Waals surface area contributed by atoms with Crippen LogP contribution in [0.5, 0.6) is 0 Å². The Labute approximate surface area is 109 Å². The summed E-state index contributed by atoms with van der Waals surface area (Å²) in [5, 5.41) is 4.14. The number of rotatable bonds is 0. The van der Waals surface area contributed by atoms with Crippen LogP contribution in [0.4, 0.5) is 17.3 Å². The van der Waals surface area contributed by atoms with Crippen molar-refractivity contribution in [3.8, 4) is 0 Å². The van der Waals surface area contributed by atoms with E-state index in [1.807, 2.05) is 17.9 Å². The van der Waals surface area contributed by atoms with E-state index in [4.69, 9.17) is 0 Å². The van der Waals surface area contributed by atoms with E-state index in [0.29, 0.717) is 12.2 Å². The Hall–Kier alpha value is -1.15. The molecule has 1 aromatic heterocycles. The van der Waals surface area contributed by atoms with Gasteiger partial charge in [0.25, 0.3) is 0 Å². The van der Waals surface area contributed by atoms with E-state index in [0.717, 1.165) is 0 Å². The number of hydrogen-bond donors (Lipinski definition) is 0. The van der Waals surface area contributed by atoms with Crippen LogP contribution in [0.15, 0.2) is 6.33 Å². The van der Waals surface area contributed by atoms with Crippen LogP contribution in [-0.2, 0) is 7.05 Å². The van der Waals surface area contributed by atoms with Gasteiger partial charge < -0.3 is 4.70 Å². The third-order valence-corrected chi connectivity index (χ3v) is 2.86. The second-order valence-corrected chi connectivity index (χ2v) is 5.39. The first-order valence-electron chi connectivity index (χ1n) is 5.64. The third kappa shape index (κ3) is 4.47. The highest BCUT2D eigenvalue weighted by Crippen LogP contribution is 2.39. The fourth-order valence-corrected chi connectivity index (χ4v) is 2.13. The second-order valence-electron chi connectivity index (χ2n) is 5.39. The second kappa shape index (κ2) is 6.34. The lowest BCUT2D eigenvalue weighted by molar-refractivity contribution is -0.729. The van der Waals surface area contributed by atoms with Gasteiger partial charge in [0.2, 0.25) is 6.33 Å². The van der Waals surface area contributed by atoms with Gasteiger partial charge >= 0.3 is 13.4 Å². The molecule has 9 heteroatoms. The lowest BCUT2D eigenvalue weighted by Gasteiger charge is -2.24. The highest BCUT2D eigenvalue weighted by molar-refractivity contribution is 6.33. The van der Waals surface area contributed by atoms with Crippen LogP contribution in [0.1, 0.15) is 45.2 Å². The van der Waals surface area contributed by atoms with Gasteiger partial charge in [0.15, 0.2) is 6.17 Å². The molecule has 0 radical (unpaired) electrons. The van der Waals surface area contributed by atoms with Crippen LogP contribution in [-0.4, -0.2) is 17.3 Å². The van der Waals surface area contributed by atoms with Gasteiger partial charge in [0, 0.05) is 11.5 Å². The number of alkyl halides is 1. The van der Waals surface area contributed by atoms with Crippen molar-refractivity contribution in [2.24, 2.45) is 12.5 Å². The zero-order chi connectivity index (χ0) is 14.1. The predicted molar refractivity (Wildman–Crippen MR) is 59.4 cm³/mol. The van der Waals surface area contributed by atoms with Crippen molar-refractivity contribution in [1.82, 2.24) is 9.78 Å². The highest BCUT2D eigenvalue weighted by Gasteiger charge is 2.44. The molecule has 1 aliphatic heterocycles. The van der Waals surface area contributed by atoms with E-state index < -0.39 is 13.7 Å². The maximum atomic E-state index is 13.6. The molecule has 0 bridgehead atoms. The van der Waals surface area contributed by atoms with Gasteiger partial charge in [-0.3, -0.25) is 12.9 Å². The molecule has 2 atom stereocenters. The van der Waals surface area contributed by atoms with Gasteiger partial charge in [0.1, 0.15) is 0 Å². The number of aryl methyl sites for hydroxylation is 1. The maximum Gasteiger partial charge on any atom is 0.762 e. The number of hydrogen-bond acceptors (Lipinski definition) is 1. The Morgan fingerprint density at radius 1 is 1.37 bits per heavy atom. The lowest BCUT2D eigenvalue weighted by atomic mass is 9.85. The Morgan fingerprint density at radius 2 is 1.84 bits per heavy atom. The topological polar surface area (TPSA) is 21.7 Å². The summed E-state index contributed by atoms with van der Waals surface area (Å²) >= 11 is 0. The van der Waals surface area contributed by atoms with Gasteiger partial charge in [-0.2, -0.15) is 0 Å². The molecule has 0 spiro atoms. The molecule has 1 aromatic rings. The first kappa shape index (κ1) is 17.9. The van der Waals surface area contributed by atoms with Gasteiger partial charge in [0.05, 0.1) is 13.1 Å². The van der Waals surface area contributed by atoms with E-state index in [-0.39, 0.29) is 16.2 Å². The van der Waals surface area contributed by atoms with Crippen LogP contribution in [0, 0.1) is 5.41 Å². The average Bonchev–Trinajstić information content (AvgIpc) is 2.64. The molecule has 0 amide bonds. The van der Waals surface area contributed by atoms with Crippen molar-refractivity contribution in [2.75, 3.05) is 0 Å². The summed E-state index contributed by atoms with van der Waals surface area (Å²) in [5.41, 5.74) is 0.0866. The van der Waals surface area contributed by atoms with Crippen LogP contribution >= 0.6 is 0 Å². The molecular weight excluding hydrogens is 268 g/mol. The first-order valence-corrected chi connectivity index (χ1v) is 5.64. The number of fused-ring (bicyclic) bond motifs is 1. The third-order valence-electron chi connectivity index (χ3n) is 2.86. The fraction of sp³-hybridized carbons (Fsp3) is 0.800. The molecule has 2 rings (SSSR count). The molecule has 0 fully saturated rings. The van der Waals surface area contributed by atoms with E-state index in [2.05, 4.69) is 25.9 Å². The minimum atomic E-state index is -3.67. The Bertz CT molecular complexity index is 402. The summed E-state index contributed by atoms with van der Waals surface area (Å²) in [7, 11) is -1.84. The monoisotopic (exact) mass is 285 g/mol. The summed E-state index contributed by atoms with van der Waals surface area (Å²) in [6.07, 6.45) is 1.54. The van der Waals surface area contributed by atoms with Crippen molar-refractivity contribution in [1.29, 1.82) is 0 Å². The lowest BCUT2D eigenvalue weighted by Crippen LogP contribution is -3.00. The summed E-state index contributed by atoms with van der Waals surface area (Å²) in [6, 6.07) is 0.223. The predicted octanol–water partition coefficient (Wildman–Crippen LogP) is -0.407. The molecular formula is C10H17BF5N3. The average molecular weight is 285 g/mol. The molecule has 19 heavy (non-hydrogen) atoms. The van der Waals surface area contributed by atoms with Gasteiger partial charge in [-0.15, -0.1) is 4.68 Å². The summed E-state index contributed by atoms with van der Waals surface area (Å²) in [4.78, 5) is 0. The maximum absolute atomic E-state index is 13.6. The van der Waals surface area contributed by atoms with Crippen LogP contribution in [0.3, 0.4) is 0 Å². The SMILES string of the molecule is Cn1c[n+]2c(n1)[C@H](F)C[C@@H]2C(C)(C)C.FB(F)F.[F-]. The fourth-order valence-electron chi connectivity index (χ4n) is 2.13. The smallest absolute Gasteiger partial charge is 0.762 e. The van der Waals surface area contributed by atoms with Crippen molar-refractivity contribution in [3.63, 3.8) is 0 Å². The minimum absolute atomic E-state index is 0. The Kier molecular flexibility index (Phi) is 5.96. The van der Waals surface area contributed by atoms with Crippen LogP contribution < -0.4 is 9.27 Å².